The van der Waals surface area contributed by atoms with E-state index < -0.39 is 15.9 Å². The number of hydrogen-bond acceptors (Lipinski definition) is 5. The lowest BCUT2D eigenvalue weighted by atomic mass is 10.0. The number of amides is 1. The number of benzene rings is 2. The van der Waals surface area contributed by atoms with Gasteiger partial charge in [-0.2, -0.15) is 9.30 Å². The zero-order valence-corrected chi connectivity index (χ0v) is 20.8. The molecule has 0 N–H and O–H groups in total. The van der Waals surface area contributed by atoms with E-state index >= 15 is 0 Å². The van der Waals surface area contributed by atoms with Crippen LogP contribution in [0.3, 0.4) is 0 Å². The molecule has 1 saturated heterocycles. The third-order valence-corrected chi connectivity index (χ3v) is 8.99. The number of aromatic nitrogens is 1. The standard InChI is InChI=1S/C24H29N3O4S2/c1-17-10-12-26(13-11-17)33(29,30)20-7-5-19(6-8-20)23(28)25-24-27(14-15-31-3)21-9-4-18(2)16-22(21)32-24/h4-9,16-17H,10-15H2,1-3H3. The van der Waals surface area contributed by atoms with Crippen molar-refractivity contribution in [1.29, 1.82) is 0 Å². The first-order valence-electron chi connectivity index (χ1n) is 11.1. The Labute approximate surface area is 198 Å². The highest BCUT2D eigenvalue weighted by Gasteiger charge is 2.28. The molecule has 1 fully saturated rings. The molecule has 7 nitrogen and oxygen atoms in total. The van der Waals surface area contributed by atoms with Gasteiger partial charge < -0.3 is 9.30 Å². The van der Waals surface area contributed by atoms with Gasteiger partial charge in [0.15, 0.2) is 4.80 Å². The molecule has 1 aliphatic heterocycles. The summed E-state index contributed by atoms with van der Waals surface area (Å²) in [4.78, 5) is 18.1. The van der Waals surface area contributed by atoms with E-state index in [0.29, 0.717) is 42.5 Å². The number of sulfonamides is 1. The maximum Gasteiger partial charge on any atom is 0.279 e. The van der Waals surface area contributed by atoms with E-state index in [2.05, 4.69) is 18.0 Å². The van der Waals surface area contributed by atoms with E-state index in [4.69, 9.17) is 4.74 Å². The molecule has 0 bridgehead atoms. The number of carbonyl (C=O) groups excluding carboxylic acids is 1. The molecule has 0 spiro atoms. The summed E-state index contributed by atoms with van der Waals surface area (Å²) in [5, 5.41) is 0. The van der Waals surface area contributed by atoms with Crippen molar-refractivity contribution in [3.63, 3.8) is 0 Å². The van der Waals surface area contributed by atoms with Crippen LogP contribution in [0.4, 0.5) is 0 Å². The molecule has 1 amide bonds. The van der Waals surface area contributed by atoms with Gasteiger partial charge in [-0.05, 0) is 67.6 Å². The zero-order valence-electron chi connectivity index (χ0n) is 19.2. The Morgan fingerprint density at radius 3 is 2.52 bits per heavy atom. The van der Waals surface area contributed by atoms with Gasteiger partial charge in [0.25, 0.3) is 5.91 Å². The fourth-order valence-corrected chi connectivity index (χ4v) is 6.58. The topological polar surface area (TPSA) is 81.0 Å². The Balaban J connectivity index is 1.62. The van der Waals surface area contributed by atoms with Gasteiger partial charge in [-0.25, -0.2) is 8.42 Å². The summed E-state index contributed by atoms with van der Waals surface area (Å²) in [6.45, 7) is 6.32. The van der Waals surface area contributed by atoms with Crippen molar-refractivity contribution < 1.29 is 17.9 Å². The first kappa shape index (κ1) is 23.8. The molecule has 3 aromatic rings. The summed E-state index contributed by atoms with van der Waals surface area (Å²) in [5.74, 6) is 0.141. The second kappa shape index (κ2) is 9.89. The molecule has 176 valence electrons. The Hall–Kier alpha value is -2.33. The molecule has 1 aromatic heterocycles. The zero-order chi connectivity index (χ0) is 23.6. The normalized spacial score (nSPS) is 16.5. The second-order valence-corrected chi connectivity index (χ2v) is 11.5. The highest BCUT2D eigenvalue weighted by atomic mass is 32.2. The van der Waals surface area contributed by atoms with Crippen molar-refractivity contribution in [2.75, 3.05) is 26.8 Å². The fraction of sp³-hybridized carbons (Fsp3) is 0.417. The minimum absolute atomic E-state index is 0.209. The summed E-state index contributed by atoms with van der Waals surface area (Å²) >= 11 is 1.46. The summed E-state index contributed by atoms with van der Waals surface area (Å²) in [5.41, 5.74) is 2.50. The molecule has 33 heavy (non-hydrogen) atoms. The molecule has 1 aliphatic rings. The van der Waals surface area contributed by atoms with Crippen LogP contribution in [0.1, 0.15) is 35.7 Å². The first-order valence-corrected chi connectivity index (χ1v) is 13.3. The molecule has 0 atom stereocenters. The molecule has 2 aromatic carbocycles. The van der Waals surface area contributed by atoms with Crippen LogP contribution in [0, 0.1) is 12.8 Å². The molecular weight excluding hydrogens is 458 g/mol. The van der Waals surface area contributed by atoms with Crippen LogP contribution in [-0.2, 0) is 21.3 Å². The lowest BCUT2D eigenvalue weighted by Crippen LogP contribution is -2.37. The van der Waals surface area contributed by atoms with Crippen LogP contribution in [0.15, 0.2) is 52.4 Å². The van der Waals surface area contributed by atoms with Gasteiger partial charge in [-0.15, -0.1) is 0 Å². The number of hydrogen-bond donors (Lipinski definition) is 0. The Morgan fingerprint density at radius 2 is 1.85 bits per heavy atom. The number of nitrogens with zero attached hydrogens (tertiary/aromatic N) is 3. The summed E-state index contributed by atoms with van der Waals surface area (Å²) in [6.07, 6.45) is 1.74. The van der Waals surface area contributed by atoms with Crippen LogP contribution < -0.4 is 4.80 Å². The number of ether oxygens (including phenoxy) is 1. The fourth-order valence-electron chi connectivity index (χ4n) is 3.96. The second-order valence-electron chi connectivity index (χ2n) is 8.53. The molecule has 2 heterocycles. The average molecular weight is 488 g/mol. The average Bonchev–Trinajstić information content (AvgIpc) is 3.13. The van der Waals surface area contributed by atoms with Crippen molar-refractivity contribution in [3.05, 3.63) is 58.4 Å². The Bertz CT molecular complexity index is 1320. The number of carbonyl (C=O) groups is 1. The highest BCUT2D eigenvalue weighted by molar-refractivity contribution is 7.89. The lowest BCUT2D eigenvalue weighted by Gasteiger charge is -2.29. The highest BCUT2D eigenvalue weighted by Crippen LogP contribution is 2.24. The molecule has 0 saturated carbocycles. The predicted molar refractivity (Wildman–Crippen MR) is 130 cm³/mol. The van der Waals surface area contributed by atoms with E-state index in [9.17, 15) is 13.2 Å². The minimum atomic E-state index is -3.55. The molecule has 9 heteroatoms. The molecule has 0 radical (unpaired) electrons. The van der Waals surface area contributed by atoms with E-state index in [1.807, 2.05) is 23.6 Å². The maximum atomic E-state index is 12.9. The van der Waals surface area contributed by atoms with E-state index in [-0.39, 0.29) is 4.90 Å². The van der Waals surface area contributed by atoms with E-state index in [1.165, 1.54) is 27.8 Å². The summed E-state index contributed by atoms with van der Waals surface area (Å²) < 4.78 is 35.7. The number of fused-ring (bicyclic) bond motifs is 1. The summed E-state index contributed by atoms with van der Waals surface area (Å²) in [6, 6.07) is 12.2. The van der Waals surface area contributed by atoms with Gasteiger partial charge in [-0.1, -0.05) is 24.3 Å². The van der Waals surface area contributed by atoms with Gasteiger partial charge in [0, 0.05) is 32.3 Å². The monoisotopic (exact) mass is 487 g/mol. The van der Waals surface area contributed by atoms with Crippen LogP contribution in [0.25, 0.3) is 10.2 Å². The lowest BCUT2D eigenvalue weighted by molar-refractivity contribution is 0.0997. The van der Waals surface area contributed by atoms with Crippen LogP contribution >= 0.6 is 11.3 Å². The smallest absolute Gasteiger partial charge is 0.279 e. The third kappa shape index (κ3) is 5.11. The number of methoxy groups -OCH3 is 1. The van der Waals surface area contributed by atoms with Gasteiger partial charge in [0.05, 0.1) is 21.7 Å². The quantitative estimate of drug-likeness (QED) is 0.529. The molecule has 0 aliphatic carbocycles. The van der Waals surface area contributed by atoms with Crippen molar-refractivity contribution in [2.45, 2.75) is 38.1 Å². The SMILES string of the molecule is COCCn1c(=NC(=O)c2ccc(S(=O)(=O)N3CCC(C)CC3)cc2)sc2cc(C)ccc21. The third-order valence-electron chi connectivity index (χ3n) is 6.04. The van der Waals surface area contributed by atoms with Crippen LogP contribution in [0.2, 0.25) is 0 Å². The number of aryl methyl sites for hydroxylation is 1. The number of piperidine rings is 1. The molecule has 0 unspecified atom stereocenters. The summed E-state index contributed by atoms with van der Waals surface area (Å²) in [7, 11) is -1.91. The van der Waals surface area contributed by atoms with E-state index in [1.54, 1.807) is 19.2 Å². The van der Waals surface area contributed by atoms with Crippen LogP contribution in [-0.4, -0.2) is 50.0 Å². The minimum Gasteiger partial charge on any atom is -0.383 e. The van der Waals surface area contributed by atoms with Gasteiger partial charge >= 0.3 is 0 Å². The van der Waals surface area contributed by atoms with Crippen molar-refractivity contribution >= 4 is 37.5 Å². The van der Waals surface area contributed by atoms with Gasteiger partial charge in [-0.3, -0.25) is 4.79 Å². The molecule has 4 rings (SSSR count). The molecular formula is C24H29N3O4S2. The Morgan fingerprint density at radius 1 is 1.15 bits per heavy atom. The van der Waals surface area contributed by atoms with Crippen molar-refractivity contribution in [3.8, 4) is 0 Å². The van der Waals surface area contributed by atoms with Crippen LogP contribution in [0.5, 0.6) is 0 Å². The maximum absolute atomic E-state index is 12.9. The van der Waals surface area contributed by atoms with Crippen molar-refractivity contribution in [1.82, 2.24) is 8.87 Å². The van der Waals surface area contributed by atoms with Crippen molar-refractivity contribution in [2.24, 2.45) is 10.9 Å². The predicted octanol–water partition coefficient (Wildman–Crippen LogP) is 3.82. The van der Waals surface area contributed by atoms with E-state index in [0.717, 1.165) is 28.6 Å². The van der Waals surface area contributed by atoms with Gasteiger partial charge in [0.1, 0.15) is 0 Å². The Kier molecular flexibility index (Phi) is 7.13. The largest absolute Gasteiger partial charge is 0.383 e. The number of rotatable bonds is 6. The number of thiazole rings is 1. The first-order chi connectivity index (χ1) is 15.8. The van der Waals surface area contributed by atoms with Gasteiger partial charge in [0.2, 0.25) is 10.0 Å².